The third kappa shape index (κ3) is 4.23. The molecule has 178 valence electrons. The fourth-order valence-corrected chi connectivity index (χ4v) is 5.81. The maximum Gasteiger partial charge on any atom is 0.269 e. The van der Waals surface area contributed by atoms with E-state index in [2.05, 4.69) is 15.6 Å². The molecule has 1 atom stereocenters. The molecule has 2 aromatic carbocycles. The lowest BCUT2D eigenvalue weighted by molar-refractivity contribution is -0.384. The third-order valence-corrected chi connectivity index (χ3v) is 7.39. The zero-order valence-corrected chi connectivity index (χ0v) is 20.4. The van der Waals surface area contributed by atoms with E-state index in [1.165, 1.54) is 23.5 Å². The number of hydrogen-bond donors (Lipinski definition) is 2. The number of hydrogen-bond acceptors (Lipinski definition) is 7. The number of thiazole rings is 1. The van der Waals surface area contributed by atoms with Crippen LogP contribution in [0.25, 0.3) is 10.2 Å². The molecular formula is C26H24N4O4S. The Hall–Kier alpha value is -3.85. The number of nitrogens with zero attached hydrogens (tertiary/aromatic N) is 2. The number of nitrogens with one attached hydrogen (secondary N) is 2. The number of ketones is 1. The van der Waals surface area contributed by atoms with Gasteiger partial charge in [0, 0.05) is 47.0 Å². The van der Waals surface area contributed by atoms with E-state index in [-0.39, 0.29) is 22.8 Å². The van der Waals surface area contributed by atoms with Gasteiger partial charge in [0.2, 0.25) is 0 Å². The highest BCUT2D eigenvalue weighted by atomic mass is 32.1. The number of aromatic nitrogens is 1. The van der Waals surface area contributed by atoms with E-state index in [0.717, 1.165) is 15.9 Å². The SMILES string of the molecule is CC1=C(C(=O)Nc2nc3ccccc3s2)[C@H](c2ccc([N+](=O)[O-])cc2)C2=C(CC(C)(C)CC2=O)N1. The largest absolute Gasteiger partial charge is 0.362 e. The van der Waals surface area contributed by atoms with E-state index in [0.29, 0.717) is 40.4 Å². The minimum Gasteiger partial charge on any atom is -0.362 e. The van der Waals surface area contributed by atoms with Crippen molar-refractivity contribution in [2.45, 2.75) is 39.5 Å². The number of allylic oxidation sites excluding steroid dienone is 3. The number of non-ortho nitro benzene ring substituents is 1. The number of para-hydroxylation sites is 1. The Bertz CT molecular complexity index is 1420. The molecule has 5 rings (SSSR count). The van der Waals surface area contributed by atoms with Crippen LogP contribution < -0.4 is 10.6 Å². The Morgan fingerprint density at radius 1 is 1.17 bits per heavy atom. The van der Waals surface area contributed by atoms with Crippen LogP contribution in [-0.4, -0.2) is 21.6 Å². The van der Waals surface area contributed by atoms with Gasteiger partial charge in [-0.1, -0.05) is 49.4 Å². The van der Waals surface area contributed by atoms with Gasteiger partial charge in [-0.3, -0.25) is 25.0 Å². The summed E-state index contributed by atoms with van der Waals surface area (Å²) in [5.41, 5.74) is 3.62. The molecular weight excluding hydrogens is 464 g/mol. The molecule has 1 aromatic heterocycles. The molecule has 0 fully saturated rings. The fourth-order valence-electron chi connectivity index (χ4n) is 4.95. The van der Waals surface area contributed by atoms with Gasteiger partial charge in [-0.05, 0) is 36.5 Å². The molecule has 0 spiro atoms. The number of fused-ring (bicyclic) bond motifs is 1. The Balaban J connectivity index is 1.58. The van der Waals surface area contributed by atoms with Gasteiger partial charge in [-0.25, -0.2) is 4.98 Å². The Morgan fingerprint density at radius 2 is 1.89 bits per heavy atom. The van der Waals surface area contributed by atoms with E-state index in [9.17, 15) is 19.7 Å². The molecule has 35 heavy (non-hydrogen) atoms. The zero-order valence-electron chi connectivity index (χ0n) is 19.5. The van der Waals surface area contributed by atoms with Crippen LogP contribution in [0.1, 0.15) is 45.1 Å². The average molecular weight is 489 g/mol. The summed E-state index contributed by atoms with van der Waals surface area (Å²) in [6.45, 7) is 5.92. The summed E-state index contributed by atoms with van der Waals surface area (Å²) in [5, 5.41) is 17.9. The van der Waals surface area contributed by atoms with Crippen molar-refractivity contribution >= 4 is 44.1 Å². The van der Waals surface area contributed by atoms with Crippen LogP contribution in [0.15, 0.2) is 71.1 Å². The van der Waals surface area contributed by atoms with Gasteiger partial charge in [0.05, 0.1) is 15.1 Å². The molecule has 8 nitrogen and oxygen atoms in total. The van der Waals surface area contributed by atoms with Gasteiger partial charge in [-0.2, -0.15) is 0 Å². The topological polar surface area (TPSA) is 114 Å². The van der Waals surface area contributed by atoms with Gasteiger partial charge < -0.3 is 5.32 Å². The predicted octanol–water partition coefficient (Wildman–Crippen LogP) is 5.45. The van der Waals surface area contributed by atoms with Crippen LogP contribution in [0.3, 0.4) is 0 Å². The summed E-state index contributed by atoms with van der Waals surface area (Å²) in [5.74, 6) is -1.02. The van der Waals surface area contributed by atoms with Crippen LogP contribution in [0.4, 0.5) is 10.8 Å². The average Bonchev–Trinajstić information content (AvgIpc) is 3.19. The Labute approximate surface area is 205 Å². The van der Waals surface area contributed by atoms with Crippen molar-refractivity contribution < 1.29 is 14.5 Å². The van der Waals surface area contributed by atoms with Crippen LogP contribution in [0.2, 0.25) is 0 Å². The van der Waals surface area contributed by atoms with Gasteiger partial charge in [0.1, 0.15) is 0 Å². The molecule has 0 saturated carbocycles. The monoisotopic (exact) mass is 488 g/mol. The minimum atomic E-state index is -0.634. The maximum atomic E-state index is 13.6. The number of nitro benzene ring substituents is 1. The molecule has 0 saturated heterocycles. The first kappa shape index (κ1) is 22.9. The molecule has 0 radical (unpaired) electrons. The van der Waals surface area contributed by atoms with Crippen molar-refractivity contribution in [2.24, 2.45) is 5.41 Å². The molecule has 1 amide bonds. The number of amides is 1. The summed E-state index contributed by atoms with van der Waals surface area (Å²) < 4.78 is 0.955. The number of benzene rings is 2. The standard InChI is InChI=1S/C26H24N4O4S/c1-14-21(24(32)29-25-28-17-6-4-5-7-20(17)35-25)22(15-8-10-16(11-9-15)30(33)34)23-18(27-14)12-26(2,3)13-19(23)31/h4-11,22,27H,12-13H2,1-3H3,(H,28,29,32)/t22-/m0/s1. The molecule has 2 heterocycles. The molecule has 0 unspecified atom stereocenters. The molecule has 1 aliphatic carbocycles. The first-order valence-electron chi connectivity index (χ1n) is 11.3. The number of anilines is 1. The van der Waals surface area contributed by atoms with Crippen LogP contribution in [-0.2, 0) is 9.59 Å². The second-order valence-electron chi connectivity index (χ2n) is 9.72. The van der Waals surface area contributed by atoms with Crippen LogP contribution in [0, 0.1) is 15.5 Å². The third-order valence-electron chi connectivity index (χ3n) is 6.44. The second-order valence-corrected chi connectivity index (χ2v) is 10.8. The smallest absolute Gasteiger partial charge is 0.269 e. The van der Waals surface area contributed by atoms with E-state index in [4.69, 9.17) is 0 Å². The van der Waals surface area contributed by atoms with Crippen molar-refractivity contribution in [3.8, 4) is 0 Å². The van der Waals surface area contributed by atoms with E-state index < -0.39 is 10.8 Å². The lowest BCUT2D eigenvalue weighted by Gasteiger charge is -2.39. The predicted molar refractivity (Wildman–Crippen MR) is 135 cm³/mol. The van der Waals surface area contributed by atoms with Crippen molar-refractivity contribution in [1.82, 2.24) is 10.3 Å². The van der Waals surface area contributed by atoms with E-state index >= 15 is 0 Å². The van der Waals surface area contributed by atoms with Gasteiger partial charge >= 0.3 is 0 Å². The van der Waals surface area contributed by atoms with Crippen molar-refractivity contribution in [2.75, 3.05) is 5.32 Å². The highest BCUT2D eigenvalue weighted by molar-refractivity contribution is 7.22. The summed E-state index contributed by atoms with van der Waals surface area (Å²) in [6.07, 6.45) is 1.03. The Morgan fingerprint density at radius 3 is 2.57 bits per heavy atom. The molecule has 2 aliphatic rings. The van der Waals surface area contributed by atoms with Gasteiger partial charge in [0.25, 0.3) is 11.6 Å². The quantitative estimate of drug-likeness (QED) is 0.373. The highest BCUT2D eigenvalue weighted by Gasteiger charge is 2.42. The minimum absolute atomic E-state index is 0.0233. The van der Waals surface area contributed by atoms with Crippen LogP contribution >= 0.6 is 11.3 Å². The molecule has 9 heteroatoms. The number of nitro groups is 1. The van der Waals surface area contributed by atoms with Crippen molar-refractivity contribution in [3.63, 3.8) is 0 Å². The number of carbonyl (C=O) groups excluding carboxylic acids is 2. The van der Waals surface area contributed by atoms with Gasteiger partial charge in [0.15, 0.2) is 10.9 Å². The molecule has 3 aromatic rings. The number of dihydropyridines is 1. The summed E-state index contributed by atoms with van der Waals surface area (Å²) >= 11 is 1.38. The highest BCUT2D eigenvalue weighted by Crippen LogP contribution is 2.47. The van der Waals surface area contributed by atoms with E-state index in [1.54, 1.807) is 12.1 Å². The fraction of sp³-hybridized carbons (Fsp3) is 0.269. The van der Waals surface area contributed by atoms with Crippen molar-refractivity contribution in [1.29, 1.82) is 0 Å². The lowest BCUT2D eigenvalue weighted by Crippen LogP contribution is -2.39. The van der Waals surface area contributed by atoms with E-state index in [1.807, 2.05) is 45.0 Å². The first-order valence-corrected chi connectivity index (χ1v) is 12.1. The summed E-state index contributed by atoms with van der Waals surface area (Å²) in [4.78, 5) is 42.3. The summed E-state index contributed by atoms with van der Waals surface area (Å²) in [7, 11) is 0. The number of rotatable bonds is 4. The number of Topliss-reactive ketones (excluding diaryl/α,β-unsaturated/α-hetero) is 1. The molecule has 0 bridgehead atoms. The second kappa shape index (κ2) is 8.42. The Kier molecular flexibility index (Phi) is 5.52. The first-order chi connectivity index (χ1) is 16.6. The van der Waals surface area contributed by atoms with Crippen LogP contribution in [0.5, 0.6) is 0 Å². The zero-order chi connectivity index (χ0) is 24.9. The maximum absolute atomic E-state index is 13.6. The number of carbonyl (C=O) groups is 2. The normalized spacial score (nSPS) is 19.4. The summed E-state index contributed by atoms with van der Waals surface area (Å²) in [6, 6.07) is 13.7. The molecule has 1 aliphatic heterocycles. The van der Waals surface area contributed by atoms with Crippen molar-refractivity contribution in [3.05, 3.63) is 86.7 Å². The lowest BCUT2D eigenvalue weighted by atomic mass is 9.68. The van der Waals surface area contributed by atoms with Gasteiger partial charge in [-0.15, -0.1) is 0 Å². The molecule has 2 N–H and O–H groups in total.